The lowest BCUT2D eigenvalue weighted by Crippen LogP contribution is -2.20. The largest absolute Gasteiger partial charge is 0.493 e. The van der Waals surface area contributed by atoms with Crippen molar-refractivity contribution >= 4 is 33.8 Å². The molecule has 4 rings (SSSR count). The maximum Gasteiger partial charge on any atom is 0.287 e. The van der Waals surface area contributed by atoms with E-state index >= 15 is 0 Å². The maximum absolute atomic E-state index is 12.6. The summed E-state index contributed by atoms with van der Waals surface area (Å²) in [6, 6.07) is 21.7. The third-order valence-corrected chi connectivity index (χ3v) is 4.77. The Kier molecular flexibility index (Phi) is 4.81. The SMILES string of the molecule is CCOc1ccc2ccccc2c1/C=N/NC(=O)c1cc2ccccc2n1C. The first-order valence-corrected chi connectivity index (χ1v) is 9.21. The van der Waals surface area contributed by atoms with Crippen LogP contribution >= 0.6 is 0 Å². The predicted octanol–water partition coefficient (Wildman–Crippen LogP) is 4.49. The molecule has 0 bridgehead atoms. The number of nitrogens with zero attached hydrogens (tertiary/aromatic N) is 2. The Morgan fingerprint density at radius 2 is 1.82 bits per heavy atom. The number of para-hydroxylation sites is 1. The highest BCUT2D eigenvalue weighted by atomic mass is 16.5. The average Bonchev–Trinajstić information content (AvgIpc) is 3.06. The number of amides is 1. The van der Waals surface area contributed by atoms with E-state index < -0.39 is 0 Å². The van der Waals surface area contributed by atoms with E-state index in [1.807, 2.05) is 85.3 Å². The first-order chi connectivity index (χ1) is 13.7. The molecular weight excluding hydrogens is 350 g/mol. The van der Waals surface area contributed by atoms with Gasteiger partial charge in [0.2, 0.25) is 0 Å². The number of aromatic nitrogens is 1. The number of aryl methyl sites for hydroxylation is 1. The van der Waals surface area contributed by atoms with E-state index in [1.54, 1.807) is 6.21 Å². The monoisotopic (exact) mass is 371 g/mol. The van der Waals surface area contributed by atoms with E-state index in [2.05, 4.69) is 10.5 Å². The van der Waals surface area contributed by atoms with Crippen LogP contribution in [0.5, 0.6) is 5.75 Å². The summed E-state index contributed by atoms with van der Waals surface area (Å²) < 4.78 is 7.60. The summed E-state index contributed by atoms with van der Waals surface area (Å²) in [5.41, 5.74) is 5.04. The molecule has 0 spiro atoms. The standard InChI is InChI=1S/C23H21N3O2/c1-3-28-22-13-12-16-8-4-6-10-18(16)19(22)15-24-25-23(27)21-14-17-9-5-7-11-20(17)26(21)2/h4-15H,3H2,1-2H3,(H,25,27)/b24-15+. The maximum atomic E-state index is 12.6. The van der Waals surface area contributed by atoms with Gasteiger partial charge in [0.25, 0.3) is 5.91 Å². The van der Waals surface area contributed by atoms with E-state index in [0.717, 1.165) is 33.0 Å². The van der Waals surface area contributed by atoms with Gasteiger partial charge in [-0.15, -0.1) is 0 Å². The third kappa shape index (κ3) is 3.22. The van der Waals surface area contributed by atoms with Gasteiger partial charge in [0.05, 0.1) is 12.8 Å². The molecule has 28 heavy (non-hydrogen) atoms. The summed E-state index contributed by atoms with van der Waals surface area (Å²) in [5.74, 6) is 0.483. The van der Waals surface area contributed by atoms with Crippen molar-refractivity contribution < 1.29 is 9.53 Å². The summed E-state index contributed by atoms with van der Waals surface area (Å²) >= 11 is 0. The number of nitrogens with one attached hydrogen (secondary N) is 1. The topological polar surface area (TPSA) is 55.6 Å². The fraction of sp³-hybridized carbons (Fsp3) is 0.130. The summed E-state index contributed by atoms with van der Waals surface area (Å²) in [6.45, 7) is 2.50. The molecule has 0 aliphatic heterocycles. The molecule has 0 saturated heterocycles. The molecule has 3 aromatic carbocycles. The molecule has 1 amide bonds. The van der Waals surface area contributed by atoms with Crippen LogP contribution in [-0.4, -0.2) is 23.3 Å². The van der Waals surface area contributed by atoms with Gasteiger partial charge in [-0.25, -0.2) is 5.43 Å². The van der Waals surface area contributed by atoms with E-state index in [1.165, 1.54) is 0 Å². The van der Waals surface area contributed by atoms with Crippen LogP contribution in [0.15, 0.2) is 71.8 Å². The first kappa shape index (κ1) is 17.8. The lowest BCUT2D eigenvalue weighted by atomic mass is 10.0. The van der Waals surface area contributed by atoms with Crippen LogP contribution in [0.1, 0.15) is 23.0 Å². The van der Waals surface area contributed by atoms with E-state index in [-0.39, 0.29) is 5.91 Å². The molecule has 140 valence electrons. The van der Waals surface area contributed by atoms with E-state index in [9.17, 15) is 4.79 Å². The fourth-order valence-corrected chi connectivity index (χ4v) is 3.41. The van der Waals surface area contributed by atoms with Crippen molar-refractivity contribution in [1.82, 2.24) is 9.99 Å². The number of carbonyl (C=O) groups is 1. The van der Waals surface area contributed by atoms with Crippen molar-refractivity contribution in [3.05, 3.63) is 78.0 Å². The number of hydrazone groups is 1. The average molecular weight is 371 g/mol. The molecule has 4 aromatic rings. The quantitative estimate of drug-likeness (QED) is 0.415. The second-order valence-electron chi connectivity index (χ2n) is 6.48. The minimum absolute atomic E-state index is 0.256. The van der Waals surface area contributed by atoms with Gasteiger partial charge in [-0.3, -0.25) is 4.79 Å². The third-order valence-electron chi connectivity index (χ3n) is 4.77. The number of hydrogen-bond acceptors (Lipinski definition) is 3. The highest BCUT2D eigenvalue weighted by Gasteiger charge is 2.12. The highest BCUT2D eigenvalue weighted by molar-refractivity contribution is 6.03. The number of benzene rings is 3. The number of fused-ring (bicyclic) bond motifs is 2. The minimum Gasteiger partial charge on any atom is -0.493 e. The summed E-state index contributed by atoms with van der Waals surface area (Å²) in [5, 5.41) is 7.34. The van der Waals surface area contributed by atoms with Gasteiger partial charge in [-0.2, -0.15) is 5.10 Å². The van der Waals surface area contributed by atoms with Crippen LogP contribution in [0.25, 0.3) is 21.7 Å². The second-order valence-corrected chi connectivity index (χ2v) is 6.48. The zero-order chi connectivity index (χ0) is 19.5. The molecule has 0 atom stereocenters. The van der Waals surface area contributed by atoms with Crippen LogP contribution in [-0.2, 0) is 7.05 Å². The van der Waals surface area contributed by atoms with Gasteiger partial charge in [0.15, 0.2) is 0 Å². The Labute approximate surface area is 163 Å². The Morgan fingerprint density at radius 3 is 2.61 bits per heavy atom. The minimum atomic E-state index is -0.256. The van der Waals surface area contributed by atoms with Crippen molar-refractivity contribution in [3.8, 4) is 5.75 Å². The van der Waals surface area contributed by atoms with E-state index in [4.69, 9.17) is 4.74 Å². The molecule has 1 N–H and O–H groups in total. The second kappa shape index (κ2) is 7.56. The van der Waals surface area contributed by atoms with Crippen molar-refractivity contribution in [3.63, 3.8) is 0 Å². The van der Waals surface area contributed by atoms with Crippen LogP contribution in [0, 0.1) is 0 Å². The van der Waals surface area contributed by atoms with Crippen LogP contribution in [0.3, 0.4) is 0 Å². The van der Waals surface area contributed by atoms with Crippen molar-refractivity contribution in [1.29, 1.82) is 0 Å². The van der Waals surface area contributed by atoms with Crippen LogP contribution < -0.4 is 10.2 Å². The number of carbonyl (C=O) groups excluding carboxylic acids is 1. The first-order valence-electron chi connectivity index (χ1n) is 9.21. The zero-order valence-corrected chi connectivity index (χ0v) is 15.8. The Hall–Kier alpha value is -3.60. The molecule has 1 aromatic heterocycles. The van der Waals surface area contributed by atoms with Crippen molar-refractivity contribution in [2.24, 2.45) is 12.1 Å². The Balaban J connectivity index is 1.63. The highest BCUT2D eigenvalue weighted by Crippen LogP contribution is 2.26. The Bertz CT molecular complexity index is 1190. The van der Waals surface area contributed by atoms with Gasteiger partial charge in [-0.05, 0) is 35.9 Å². The number of rotatable bonds is 5. The molecular formula is C23H21N3O2. The van der Waals surface area contributed by atoms with Crippen LogP contribution in [0.2, 0.25) is 0 Å². The van der Waals surface area contributed by atoms with E-state index in [0.29, 0.717) is 12.3 Å². The molecule has 0 fully saturated rings. The molecule has 1 heterocycles. The molecule has 0 radical (unpaired) electrons. The fourth-order valence-electron chi connectivity index (χ4n) is 3.41. The molecule has 5 nitrogen and oxygen atoms in total. The van der Waals surface area contributed by atoms with Crippen molar-refractivity contribution in [2.75, 3.05) is 6.61 Å². The summed E-state index contributed by atoms with van der Waals surface area (Å²) in [6.07, 6.45) is 1.65. The summed E-state index contributed by atoms with van der Waals surface area (Å²) in [4.78, 5) is 12.6. The van der Waals surface area contributed by atoms with Gasteiger partial charge >= 0.3 is 0 Å². The molecule has 0 unspecified atom stereocenters. The van der Waals surface area contributed by atoms with Crippen molar-refractivity contribution in [2.45, 2.75) is 6.92 Å². The number of ether oxygens (including phenoxy) is 1. The van der Waals surface area contributed by atoms with Gasteiger partial charge in [0.1, 0.15) is 11.4 Å². The normalized spacial score (nSPS) is 11.4. The van der Waals surface area contributed by atoms with Gasteiger partial charge in [-0.1, -0.05) is 48.5 Å². The van der Waals surface area contributed by atoms with Gasteiger partial charge < -0.3 is 9.30 Å². The smallest absolute Gasteiger partial charge is 0.287 e. The molecule has 0 aliphatic carbocycles. The lowest BCUT2D eigenvalue weighted by Gasteiger charge is -2.10. The lowest BCUT2D eigenvalue weighted by molar-refractivity contribution is 0.0947. The molecule has 5 heteroatoms. The molecule has 0 aliphatic rings. The summed E-state index contributed by atoms with van der Waals surface area (Å²) in [7, 11) is 1.87. The number of hydrogen-bond donors (Lipinski definition) is 1. The zero-order valence-electron chi connectivity index (χ0n) is 15.8. The molecule has 0 saturated carbocycles. The Morgan fingerprint density at radius 1 is 1.07 bits per heavy atom. The van der Waals surface area contributed by atoms with Gasteiger partial charge in [0, 0.05) is 23.5 Å². The predicted molar refractivity (Wildman–Crippen MR) is 113 cm³/mol. The van der Waals surface area contributed by atoms with Crippen LogP contribution in [0.4, 0.5) is 0 Å².